The normalized spacial score (nSPS) is 16.0. The summed E-state index contributed by atoms with van der Waals surface area (Å²) in [5.41, 5.74) is 9.86. The van der Waals surface area contributed by atoms with Crippen molar-refractivity contribution in [3.63, 3.8) is 0 Å². The Labute approximate surface area is 84.3 Å². The van der Waals surface area contributed by atoms with Gasteiger partial charge in [0.1, 0.15) is 0 Å². The smallest absolute Gasteiger partial charge is 0.0641 e. The van der Waals surface area contributed by atoms with Gasteiger partial charge in [0, 0.05) is 6.04 Å². The Hall–Kier alpha value is -1.33. The topological polar surface area (TPSA) is 49.8 Å². The minimum atomic E-state index is -0.120. The van der Waals surface area contributed by atoms with Crippen LogP contribution in [0.3, 0.4) is 0 Å². The van der Waals surface area contributed by atoms with Crippen LogP contribution in [0, 0.1) is 11.3 Å². The van der Waals surface area contributed by atoms with Gasteiger partial charge in [-0.1, -0.05) is 18.2 Å². The van der Waals surface area contributed by atoms with E-state index < -0.39 is 0 Å². The summed E-state index contributed by atoms with van der Waals surface area (Å²) in [7, 11) is 0. The van der Waals surface area contributed by atoms with Gasteiger partial charge in [0.2, 0.25) is 0 Å². The Balaban J connectivity index is 2.25. The second-order valence-corrected chi connectivity index (χ2v) is 3.85. The van der Waals surface area contributed by atoms with Gasteiger partial charge in [0.25, 0.3) is 0 Å². The molecule has 0 saturated carbocycles. The molecule has 1 aliphatic rings. The largest absolute Gasteiger partial charge is 0.323 e. The van der Waals surface area contributed by atoms with E-state index in [1.807, 2.05) is 0 Å². The predicted molar refractivity (Wildman–Crippen MR) is 55.6 cm³/mol. The number of nitrogens with zero attached hydrogens (tertiary/aromatic N) is 1. The molecule has 1 atom stereocenters. The lowest BCUT2D eigenvalue weighted by Crippen LogP contribution is -2.09. The molecule has 0 unspecified atom stereocenters. The summed E-state index contributed by atoms with van der Waals surface area (Å²) in [5, 5.41) is 8.56. The fourth-order valence-electron chi connectivity index (χ4n) is 2.04. The van der Waals surface area contributed by atoms with Crippen LogP contribution in [0.1, 0.15) is 35.6 Å². The number of hydrogen-bond acceptors (Lipinski definition) is 2. The third-order valence-electron chi connectivity index (χ3n) is 2.86. The summed E-state index contributed by atoms with van der Waals surface area (Å²) < 4.78 is 0. The van der Waals surface area contributed by atoms with Gasteiger partial charge in [-0.15, -0.1) is 0 Å². The number of nitriles is 1. The lowest BCUT2D eigenvalue weighted by atomic mass is 10.0. The molecule has 2 N–H and O–H groups in total. The van der Waals surface area contributed by atoms with Crippen molar-refractivity contribution in [3.8, 4) is 6.07 Å². The summed E-state index contributed by atoms with van der Waals surface area (Å²) >= 11 is 0. The third-order valence-corrected chi connectivity index (χ3v) is 2.86. The van der Waals surface area contributed by atoms with Crippen molar-refractivity contribution in [3.05, 3.63) is 34.9 Å². The fourth-order valence-corrected chi connectivity index (χ4v) is 2.04. The van der Waals surface area contributed by atoms with Crippen LogP contribution in [0.15, 0.2) is 18.2 Å². The third kappa shape index (κ3) is 1.64. The Morgan fingerprint density at radius 3 is 2.93 bits per heavy atom. The molecule has 0 bridgehead atoms. The van der Waals surface area contributed by atoms with E-state index in [0.29, 0.717) is 6.42 Å². The lowest BCUT2D eigenvalue weighted by Gasteiger charge is -2.09. The molecule has 0 fully saturated rings. The molecule has 2 rings (SSSR count). The van der Waals surface area contributed by atoms with Gasteiger partial charge in [0.05, 0.1) is 12.5 Å². The monoisotopic (exact) mass is 186 g/mol. The lowest BCUT2D eigenvalue weighted by molar-refractivity contribution is 0.747. The summed E-state index contributed by atoms with van der Waals surface area (Å²) in [6, 6.07) is 8.38. The molecular weight excluding hydrogens is 172 g/mol. The van der Waals surface area contributed by atoms with Crippen molar-refractivity contribution < 1.29 is 0 Å². The first kappa shape index (κ1) is 9.23. The van der Waals surface area contributed by atoms with E-state index in [-0.39, 0.29) is 6.04 Å². The molecule has 0 amide bonds. The van der Waals surface area contributed by atoms with Gasteiger partial charge in [0.15, 0.2) is 0 Å². The Bertz CT molecular complexity index is 376. The van der Waals surface area contributed by atoms with E-state index >= 15 is 0 Å². The molecular formula is C12H14N2. The number of hydrogen-bond donors (Lipinski definition) is 1. The maximum atomic E-state index is 8.56. The molecule has 0 saturated heterocycles. The van der Waals surface area contributed by atoms with E-state index in [4.69, 9.17) is 11.0 Å². The van der Waals surface area contributed by atoms with Gasteiger partial charge in [-0.05, 0) is 36.0 Å². The average Bonchev–Trinajstić information content (AvgIpc) is 2.64. The molecule has 0 radical (unpaired) electrons. The molecule has 1 aromatic carbocycles. The maximum absolute atomic E-state index is 8.56. The van der Waals surface area contributed by atoms with Crippen LogP contribution in [-0.4, -0.2) is 0 Å². The second kappa shape index (κ2) is 3.81. The van der Waals surface area contributed by atoms with Crippen LogP contribution >= 0.6 is 0 Å². The molecule has 0 heterocycles. The van der Waals surface area contributed by atoms with Gasteiger partial charge >= 0.3 is 0 Å². The summed E-state index contributed by atoms with van der Waals surface area (Å²) in [4.78, 5) is 0. The van der Waals surface area contributed by atoms with E-state index in [1.165, 1.54) is 30.4 Å². The zero-order chi connectivity index (χ0) is 9.97. The van der Waals surface area contributed by atoms with Crippen molar-refractivity contribution in [2.45, 2.75) is 31.7 Å². The first-order valence-corrected chi connectivity index (χ1v) is 5.05. The van der Waals surface area contributed by atoms with Gasteiger partial charge in [-0.3, -0.25) is 0 Å². The number of fused-ring (bicyclic) bond motifs is 1. The van der Waals surface area contributed by atoms with Gasteiger partial charge < -0.3 is 5.73 Å². The van der Waals surface area contributed by atoms with Crippen LogP contribution in [0.2, 0.25) is 0 Å². The molecule has 1 aliphatic carbocycles. The molecule has 2 heteroatoms. The molecule has 0 spiro atoms. The summed E-state index contributed by atoms with van der Waals surface area (Å²) in [6.45, 7) is 0. The quantitative estimate of drug-likeness (QED) is 0.768. The van der Waals surface area contributed by atoms with Crippen molar-refractivity contribution in [1.82, 2.24) is 0 Å². The first-order valence-electron chi connectivity index (χ1n) is 5.05. The second-order valence-electron chi connectivity index (χ2n) is 3.85. The number of rotatable bonds is 2. The van der Waals surface area contributed by atoms with E-state index in [2.05, 4.69) is 24.3 Å². The highest BCUT2D eigenvalue weighted by atomic mass is 14.6. The zero-order valence-electron chi connectivity index (χ0n) is 8.16. The van der Waals surface area contributed by atoms with Crippen LogP contribution < -0.4 is 5.73 Å². The molecule has 0 aliphatic heterocycles. The molecule has 2 nitrogen and oxygen atoms in total. The summed E-state index contributed by atoms with van der Waals surface area (Å²) in [6.07, 6.45) is 4.02. The van der Waals surface area contributed by atoms with Crippen LogP contribution in [0.4, 0.5) is 0 Å². The minimum Gasteiger partial charge on any atom is -0.323 e. The number of benzene rings is 1. The van der Waals surface area contributed by atoms with Crippen molar-refractivity contribution in [2.24, 2.45) is 5.73 Å². The Morgan fingerprint density at radius 2 is 2.14 bits per heavy atom. The zero-order valence-corrected chi connectivity index (χ0v) is 8.16. The highest BCUT2D eigenvalue weighted by molar-refractivity contribution is 5.36. The predicted octanol–water partition coefficient (Wildman–Crippen LogP) is 2.09. The van der Waals surface area contributed by atoms with Crippen LogP contribution in [0.5, 0.6) is 0 Å². The van der Waals surface area contributed by atoms with E-state index in [0.717, 1.165) is 5.56 Å². The standard InChI is InChI=1S/C12H14N2/c13-7-6-12(14)11-5-4-9-2-1-3-10(9)8-11/h4-5,8,12H,1-3,6,14H2/t12-/m1/s1. The average molecular weight is 186 g/mol. The van der Waals surface area contributed by atoms with Crippen LogP contribution in [0.25, 0.3) is 0 Å². The Kier molecular flexibility index (Phi) is 2.51. The SMILES string of the molecule is N#CC[C@@H](N)c1ccc2c(c1)CCC2. The molecule has 1 aromatic rings. The van der Waals surface area contributed by atoms with Crippen molar-refractivity contribution >= 4 is 0 Å². The summed E-state index contributed by atoms with van der Waals surface area (Å²) in [5.74, 6) is 0. The maximum Gasteiger partial charge on any atom is 0.0641 e. The molecule has 14 heavy (non-hydrogen) atoms. The number of nitrogens with two attached hydrogens (primary N) is 1. The molecule has 72 valence electrons. The van der Waals surface area contributed by atoms with E-state index in [9.17, 15) is 0 Å². The number of aryl methyl sites for hydroxylation is 2. The van der Waals surface area contributed by atoms with Crippen LogP contribution in [-0.2, 0) is 12.8 Å². The van der Waals surface area contributed by atoms with Gasteiger partial charge in [-0.2, -0.15) is 5.26 Å². The fraction of sp³-hybridized carbons (Fsp3) is 0.417. The molecule has 0 aromatic heterocycles. The first-order chi connectivity index (χ1) is 6.81. The van der Waals surface area contributed by atoms with Crippen molar-refractivity contribution in [2.75, 3.05) is 0 Å². The Morgan fingerprint density at radius 1 is 1.36 bits per heavy atom. The van der Waals surface area contributed by atoms with E-state index in [1.54, 1.807) is 0 Å². The highest BCUT2D eigenvalue weighted by Crippen LogP contribution is 2.25. The highest BCUT2D eigenvalue weighted by Gasteiger charge is 2.13. The van der Waals surface area contributed by atoms with Crippen molar-refractivity contribution in [1.29, 1.82) is 5.26 Å². The minimum absolute atomic E-state index is 0.120. The van der Waals surface area contributed by atoms with Gasteiger partial charge in [-0.25, -0.2) is 0 Å².